The van der Waals surface area contributed by atoms with E-state index in [1.54, 1.807) is 6.07 Å². The van der Waals surface area contributed by atoms with Gasteiger partial charge in [-0.1, -0.05) is 0 Å². The largest absolute Gasteiger partial charge is 0.494 e. The molecule has 1 amide bonds. The summed E-state index contributed by atoms with van der Waals surface area (Å²) in [5, 5.41) is 4.04. The smallest absolute Gasteiger partial charge is 0.224 e. The fourth-order valence-electron chi connectivity index (χ4n) is 1.90. The minimum atomic E-state index is -2.09. The van der Waals surface area contributed by atoms with Gasteiger partial charge in [0.25, 0.3) is 0 Å². The topological polar surface area (TPSA) is 72.5 Å². The number of carbonyl (C=O) groups is 1. The second-order valence-electron chi connectivity index (χ2n) is 4.28. The van der Waals surface area contributed by atoms with Gasteiger partial charge in [-0.15, -0.1) is 0 Å². The van der Waals surface area contributed by atoms with Crippen molar-refractivity contribution in [2.24, 2.45) is 0 Å². The number of hydrogen-bond donors (Lipinski definition) is 1. The maximum absolute atomic E-state index is 11.2. The van der Waals surface area contributed by atoms with Crippen LogP contribution in [0.2, 0.25) is 0 Å². The van der Waals surface area contributed by atoms with Crippen LogP contribution < -0.4 is 10.1 Å². The molecule has 1 heterocycles. The molecule has 6 heteroatoms. The van der Waals surface area contributed by atoms with E-state index in [1.165, 1.54) is 5.37 Å². The lowest BCUT2D eigenvalue weighted by atomic mass is 10.0. The van der Waals surface area contributed by atoms with E-state index in [2.05, 4.69) is 5.32 Å². The Morgan fingerprint density at radius 1 is 1.32 bits per heavy atom. The lowest BCUT2D eigenvalue weighted by Gasteiger charge is -2.17. The first kappa shape index (κ1) is 13.6. The number of carbonyl (C=O) groups excluding carboxylic acids is 1. The molecule has 2 rings (SSSR count). The molecule has 0 aromatic heterocycles. The Morgan fingerprint density at radius 2 is 2.16 bits per heavy atom. The molecule has 0 saturated heterocycles. The Labute approximate surface area is 113 Å². The summed E-state index contributed by atoms with van der Waals surface area (Å²) in [6.07, 6.45) is 2.36. The summed E-state index contributed by atoms with van der Waals surface area (Å²) in [4.78, 5) is 11.2. The first-order valence-corrected chi connectivity index (χ1v) is 7.26. The molecular formula is C13H15NO4S. The van der Waals surface area contributed by atoms with Crippen molar-refractivity contribution in [2.75, 3.05) is 11.9 Å². The van der Waals surface area contributed by atoms with E-state index in [9.17, 15) is 13.2 Å². The molecule has 1 aromatic carbocycles. The molecule has 0 aliphatic carbocycles. The summed E-state index contributed by atoms with van der Waals surface area (Å²) in [5.41, 5.74) is 1.92. The average molecular weight is 281 g/mol. The van der Waals surface area contributed by atoms with Crippen LogP contribution in [0.3, 0.4) is 0 Å². The van der Waals surface area contributed by atoms with Crippen molar-refractivity contribution in [2.45, 2.75) is 25.7 Å². The zero-order chi connectivity index (χ0) is 13.7. The predicted molar refractivity (Wildman–Crippen MR) is 73.1 cm³/mol. The van der Waals surface area contributed by atoms with Crippen molar-refractivity contribution in [1.82, 2.24) is 0 Å². The monoisotopic (exact) mass is 281 g/mol. The Hall–Kier alpha value is -1.82. The average Bonchev–Trinajstić information content (AvgIpc) is 2.38. The van der Waals surface area contributed by atoms with Gasteiger partial charge in [-0.05, 0) is 43.0 Å². The van der Waals surface area contributed by atoms with Crippen LogP contribution in [0, 0.1) is 0 Å². The minimum Gasteiger partial charge on any atom is -0.494 e. The van der Waals surface area contributed by atoms with E-state index in [4.69, 9.17) is 4.74 Å². The van der Waals surface area contributed by atoms with Gasteiger partial charge in [-0.25, -0.2) is 0 Å². The van der Waals surface area contributed by atoms with Crippen LogP contribution in [0.4, 0.5) is 5.69 Å². The van der Waals surface area contributed by atoms with Crippen LogP contribution in [0.5, 0.6) is 5.75 Å². The number of anilines is 1. The Balaban J connectivity index is 1.88. The molecule has 19 heavy (non-hydrogen) atoms. The number of aryl methyl sites for hydroxylation is 1. The van der Waals surface area contributed by atoms with E-state index < -0.39 is 10.3 Å². The molecule has 1 N–H and O–H groups in total. The van der Waals surface area contributed by atoms with Crippen LogP contribution in [0.25, 0.3) is 0 Å². The van der Waals surface area contributed by atoms with E-state index in [-0.39, 0.29) is 5.91 Å². The standard InChI is InChI=1S/C13H15NO4S/c15-13-6-3-10-9-11(4-5-12(10)14-13)18-7-1-2-8-19(16)17/h4-5,8-9H,1-3,6-7H2,(H,14,15). The summed E-state index contributed by atoms with van der Waals surface area (Å²) in [5.74, 6) is 0.792. The molecule has 0 saturated carbocycles. The maximum atomic E-state index is 11.2. The van der Waals surface area contributed by atoms with Gasteiger partial charge in [0.1, 0.15) is 5.75 Å². The summed E-state index contributed by atoms with van der Waals surface area (Å²) < 4.78 is 26.1. The van der Waals surface area contributed by atoms with Gasteiger partial charge in [-0.2, -0.15) is 8.42 Å². The second-order valence-corrected chi connectivity index (χ2v) is 5.14. The number of unbranched alkanes of at least 4 members (excludes halogenated alkanes) is 1. The quantitative estimate of drug-likeness (QED) is 0.654. The molecule has 0 unspecified atom stereocenters. The normalized spacial score (nSPS) is 13.4. The van der Waals surface area contributed by atoms with Gasteiger partial charge >= 0.3 is 0 Å². The van der Waals surface area contributed by atoms with Crippen molar-refractivity contribution in [1.29, 1.82) is 0 Å². The highest BCUT2D eigenvalue weighted by Crippen LogP contribution is 2.26. The van der Waals surface area contributed by atoms with Gasteiger partial charge in [0.05, 0.1) is 6.61 Å². The van der Waals surface area contributed by atoms with Gasteiger partial charge in [-0.3, -0.25) is 4.79 Å². The molecule has 5 nitrogen and oxygen atoms in total. The lowest BCUT2D eigenvalue weighted by Crippen LogP contribution is -2.18. The highest BCUT2D eigenvalue weighted by Gasteiger charge is 2.14. The SMILES string of the molecule is O=C1CCc2cc(OCCCC=S(=O)=O)ccc2N1. The van der Waals surface area contributed by atoms with Crippen molar-refractivity contribution in [3.63, 3.8) is 0 Å². The summed E-state index contributed by atoms with van der Waals surface area (Å²) >= 11 is 0. The highest BCUT2D eigenvalue weighted by atomic mass is 32.2. The predicted octanol–water partition coefficient (Wildman–Crippen LogP) is 1.41. The van der Waals surface area contributed by atoms with Crippen molar-refractivity contribution >= 4 is 27.3 Å². The molecule has 1 aliphatic heterocycles. The number of nitrogens with one attached hydrogen (secondary N) is 1. The molecular weight excluding hydrogens is 266 g/mol. The molecule has 1 aromatic rings. The fraction of sp³-hybridized carbons (Fsp3) is 0.385. The number of amides is 1. The van der Waals surface area contributed by atoms with Crippen molar-refractivity contribution < 1.29 is 17.9 Å². The van der Waals surface area contributed by atoms with Crippen LogP contribution in [0.1, 0.15) is 24.8 Å². The Kier molecular flexibility index (Phi) is 4.57. The van der Waals surface area contributed by atoms with Crippen LogP contribution in [-0.4, -0.2) is 26.3 Å². The van der Waals surface area contributed by atoms with E-state index >= 15 is 0 Å². The third-order valence-corrected chi connectivity index (χ3v) is 3.35. The third-order valence-electron chi connectivity index (χ3n) is 2.84. The van der Waals surface area contributed by atoms with Crippen LogP contribution >= 0.6 is 0 Å². The van der Waals surface area contributed by atoms with Crippen LogP contribution in [-0.2, 0) is 21.5 Å². The lowest BCUT2D eigenvalue weighted by molar-refractivity contribution is -0.116. The van der Waals surface area contributed by atoms with Gasteiger partial charge < -0.3 is 10.1 Å². The molecule has 0 bridgehead atoms. The van der Waals surface area contributed by atoms with Gasteiger partial charge in [0, 0.05) is 17.5 Å². The van der Waals surface area contributed by atoms with E-state index in [1.807, 2.05) is 12.1 Å². The van der Waals surface area contributed by atoms with Gasteiger partial charge in [0.15, 0.2) is 0 Å². The number of hydrogen-bond acceptors (Lipinski definition) is 4. The first-order valence-electron chi connectivity index (χ1n) is 6.12. The Bertz CT molecular complexity index is 599. The van der Waals surface area contributed by atoms with E-state index in [0.717, 1.165) is 23.4 Å². The van der Waals surface area contributed by atoms with Crippen molar-refractivity contribution in [3.05, 3.63) is 23.8 Å². The molecule has 0 fully saturated rings. The third kappa shape index (κ3) is 4.10. The van der Waals surface area contributed by atoms with Gasteiger partial charge in [0.2, 0.25) is 16.2 Å². The number of rotatable bonds is 5. The fourth-order valence-corrected chi connectivity index (χ4v) is 2.26. The summed E-state index contributed by atoms with van der Waals surface area (Å²) in [7, 11) is -2.09. The number of fused-ring (bicyclic) bond motifs is 1. The molecule has 102 valence electrons. The molecule has 0 spiro atoms. The number of benzene rings is 1. The summed E-state index contributed by atoms with van der Waals surface area (Å²) in [6, 6.07) is 5.56. The molecule has 1 aliphatic rings. The molecule has 0 radical (unpaired) electrons. The Morgan fingerprint density at radius 3 is 2.95 bits per heavy atom. The summed E-state index contributed by atoms with van der Waals surface area (Å²) in [6.45, 7) is 0.471. The zero-order valence-corrected chi connectivity index (χ0v) is 11.2. The zero-order valence-electron chi connectivity index (χ0n) is 10.4. The first-order chi connectivity index (χ1) is 9.15. The number of ether oxygens (including phenoxy) is 1. The minimum absolute atomic E-state index is 0.0438. The van der Waals surface area contributed by atoms with Crippen molar-refractivity contribution in [3.8, 4) is 5.75 Å². The second kappa shape index (κ2) is 6.38. The highest BCUT2D eigenvalue weighted by molar-refractivity contribution is 7.71. The van der Waals surface area contributed by atoms with Crippen LogP contribution in [0.15, 0.2) is 18.2 Å². The molecule has 0 atom stereocenters. The van der Waals surface area contributed by atoms with E-state index in [0.29, 0.717) is 25.9 Å². The maximum Gasteiger partial charge on any atom is 0.224 e.